The van der Waals surface area contributed by atoms with E-state index in [1.807, 2.05) is 30.3 Å². The molecule has 54 valence electrons. The van der Waals surface area contributed by atoms with Crippen molar-refractivity contribution in [1.82, 2.24) is 4.98 Å². The molecule has 0 radical (unpaired) electrons. The van der Waals surface area contributed by atoms with E-state index < -0.39 is 0 Å². The molecule has 1 heterocycles. The third-order valence-corrected chi connectivity index (χ3v) is 1.97. The van der Waals surface area contributed by atoms with Gasteiger partial charge in [0, 0.05) is 16.5 Å². The predicted molar refractivity (Wildman–Crippen MR) is 49.0 cm³/mol. The van der Waals surface area contributed by atoms with Crippen molar-refractivity contribution >= 4 is 23.5 Å². The SMILES string of the molecule is Sc1cccc2cccnc12.[Na+]. The van der Waals surface area contributed by atoms with Crippen LogP contribution in [0.5, 0.6) is 0 Å². The summed E-state index contributed by atoms with van der Waals surface area (Å²) in [5, 5.41) is 1.14. The van der Waals surface area contributed by atoms with E-state index in [4.69, 9.17) is 0 Å². The molecule has 0 bridgehead atoms. The second-order valence-corrected chi connectivity index (χ2v) is 2.83. The van der Waals surface area contributed by atoms with Crippen LogP contribution in [-0.4, -0.2) is 4.98 Å². The molecule has 1 aromatic carbocycles. The van der Waals surface area contributed by atoms with Crippen molar-refractivity contribution < 1.29 is 29.6 Å². The van der Waals surface area contributed by atoms with Crippen LogP contribution < -0.4 is 29.6 Å². The smallest absolute Gasteiger partial charge is 0.255 e. The Bertz CT molecular complexity index is 384. The fourth-order valence-corrected chi connectivity index (χ4v) is 1.36. The molecule has 0 saturated carbocycles. The second-order valence-electron chi connectivity index (χ2n) is 2.35. The largest absolute Gasteiger partial charge is 1.00 e. The second kappa shape index (κ2) is 4.28. The summed E-state index contributed by atoms with van der Waals surface area (Å²) in [7, 11) is 0. The molecular weight excluding hydrogens is 177 g/mol. The van der Waals surface area contributed by atoms with Crippen LogP contribution in [0.15, 0.2) is 41.4 Å². The van der Waals surface area contributed by atoms with Gasteiger partial charge in [-0.25, -0.2) is 0 Å². The summed E-state index contributed by atoms with van der Waals surface area (Å²) in [5.74, 6) is 0. The van der Waals surface area contributed by atoms with Crippen molar-refractivity contribution in [3.8, 4) is 0 Å². The first kappa shape index (κ1) is 10.1. The molecule has 1 aromatic heterocycles. The molecule has 0 spiro atoms. The van der Waals surface area contributed by atoms with Gasteiger partial charge in [0.05, 0.1) is 5.52 Å². The van der Waals surface area contributed by atoms with Crippen LogP contribution in [0.4, 0.5) is 0 Å². The monoisotopic (exact) mass is 184 g/mol. The van der Waals surface area contributed by atoms with Gasteiger partial charge in [-0.2, -0.15) is 0 Å². The van der Waals surface area contributed by atoms with Gasteiger partial charge < -0.3 is 0 Å². The maximum atomic E-state index is 4.29. The van der Waals surface area contributed by atoms with Crippen LogP contribution in [0.25, 0.3) is 10.9 Å². The van der Waals surface area contributed by atoms with Crippen LogP contribution in [0.3, 0.4) is 0 Å². The molecule has 0 unspecified atom stereocenters. The van der Waals surface area contributed by atoms with Crippen LogP contribution in [0.1, 0.15) is 0 Å². The number of hydrogen-bond donors (Lipinski definition) is 1. The van der Waals surface area contributed by atoms with Gasteiger partial charge in [-0.05, 0) is 12.1 Å². The minimum Gasteiger partial charge on any atom is -0.255 e. The average molecular weight is 184 g/mol. The van der Waals surface area contributed by atoms with Gasteiger partial charge in [0.15, 0.2) is 0 Å². The van der Waals surface area contributed by atoms with Crippen molar-refractivity contribution in [1.29, 1.82) is 0 Å². The number of thiol groups is 1. The summed E-state index contributed by atoms with van der Waals surface area (Å²) in [6.45, 7) is 0. The van der Waals surface area contributed by atoms with Crippen molar-refractivity contribution in [2.75, 3.05) is 0 Å². The molecule has 0 amide bonds. The summed E-state index contributed by atoms with van der Waals surface area (Å²) in [5.41, 5.74) is 0.971. The number of aromatic nitrogens is 1. The Kier molecular flexibility index (Phi) is 3.59. The first-order valence-corrected chi connectivity index (χ1v) is 3.85. The maximum Gasteiger partial charge on any atom is 1.00 e. The van der Waals surface area contributed by atoms with E-state index in [9.17, 15) is 0 Å². The normalized spacial score (nSPS) is 9.42. The molecule has 2 aromatic rings. The number of hydrogen-bond acceptors (Lipinski definition) is 2. The third kappa shape index (κ3) is 1.83. The molecule has 0 saturated heterocycles. The average Bonchev–Trinajstić information content (AvgIpc) is 2.06. The van der Waals surface area contributed by atoms with Crippen LogP contribution >= 0.6 is 12.6 Å². The maximum absolute atomic E-state index is 4.29. The van der Waals surface area contributed by atoms with Crippen molar-refractivity contribution in [3.63, 3.8) is 0 Å². The summed E-state index contributed by atoms with van der Waals surface area (Å²) in [6, 6.07) is 9.91. The fraction of sp³-hybridized carbons (Fsp3) is 0. The number of nitrogens with zero attached hydrogens (tertiary/aromatic N) is 1. The van der Waals surface area contributed by atoms with E-state index in [0.29, 0.717) is 0 Å². The zero-order valence-corrected chi connectivity index (χ0v) is 9.75. The van der Waals surface area contributed by atoms with E-state index in [2.05, 4.69) is 17.6 Å². The Morgan fingerprint density at radius 2 is 1.83 bits per heavy atom. The quantitative estimate of drug-likeness (QED) is 0.431. The molecule has 0 aliphatic rings. The van der Waals surface area contributed by atoms with E-state index in [-0.39, 0.29) is 29.6 Å². The van der Waals surface area contributed by atoms with Gasteiger partial charge in [0.1, 0.15) is 0 Å². The predicted octanol–water partition coefficient (Wildman–Crippen LogP) is -0.473. The van der Waals surface area contributed by atoms with Crippen molar-refractivity contribution in [2.24, 2.45) is 0 Å². The van der Waals surface area contributed by atoms with Gasteiger partial charge in [-0.3, -0.25) is 4.98 Å². The number of rotatable bonds is 0. The molecule has 0 N–H and O–H groups in total. The zero-order chi connectivity index (χ0) is 7.68. The molecule has 12 heavy (non-hydrogen) atoms. The standard InChI is InChI=1S/C9H7NS.Na/c11-8-5-1-3-7-4-2-6-10-9(7)8;/h1-6,11H;/q;+1. The van der Waals surface area contributed by atoms with Gasteiger partial charge in [-0.1, -0.05) is 18.2 Å². The Morgan fingerprint density at radius 1 is 1.08 bits per heavy atom. The summed E-state index contributed by atoms with van der Waals surface area (Å²) >= 11 is 4.29. The summed E-state index contributed by atoms with van der Waals surface area (Å²) in [4.78, 5) is 5.14. The van der Waals surface area contributed by atoms with Crippen molar-refractivity contribution in [3.05, 3.63) is 36.5 Å². The van der Waals surface area contributed by atoms with E-state index in [1.54, 1.807) is 6.20 Å². The molecule has 1 nitrogen and oxygen atoms in total. The first-order chi connectivity index (χ1) is 5.38. The van der Waals surface area contributed by atoms with E-state index in [0.717, 1.165) is 15.8 Å². The third-order valence-electron chi connectivity index (χ3n) is 1.61. The van der Waals surface area contributed by atoms with E-state index in [1.165, 1.54) is 0 Å². The number of fused-ring (bicyclic) bond motifs is 1. The van der Waals surface area contributed by atoms with Crippen molar-refractivity contribution in [2.45, 2.75) is 4.90 Å². The Balaban J connectivity index is 0.000000720. The van der Waals surface area contributed by atoms with Gasteiger partial charge in [0.2, 0.25) is 0 Å². The molecule has 3 heteroatoms. The molecule has 0 aliphatic carbocycles. The molecule has 2 rings (SSSR count). The Labute approximate surface area is 98.9 Å². The summed E-state index contributed by atoms with van der Waals surface area (Å²) < 4.78 is 0. The van der Waals surface area contributed by atoms with Crippen LogP contribution in [0, 0.1) is 0 Å². The van der Waals surface area contributed by atoms with Gasteiger partial charge >= 0.3 is 29.6 Å². The van der Waals surface area contributed by atoms with E-state index >= 15 is 0 Å². The van der Waals surface area contributed by atoms with Crippen LogP contribution in [0.2, 0.25) is 0 Å². The minimum atomic E-state index is 0. The number of para-hydroxylation sites is 1. The topological polar surface area (TPSA) is 12.9 Å². The number of benzene rings is 1. The first-order valence-electron chi connectivity index (χ1n) is 3.40. The molecular formula is C9H7NNaS+. The Hall–Kier alpha value is -0.0200. The molecule has 0 atom stereocenters. The fourth-order valence-electron chi connectivity index (χ4n) is 1.09. The van der Waals surface area contributed by atoms with Crippen LogP contribution in [-0.2, 0) is 0 Å². The minimum absolute atomic E-state index is 0. The number of pyridine rings is 1. The molecule has 0 aliphatic heterocycles. The van der Waals surface area contributed by atoms with Gasteiger partial charge in [0.25, 0.3) is 0 Å². The van der Waals surface area contributed by atoms with Gasteiger partial charge in [-0.15, -0.1) is 12.6 Å². The summed E-state index contributed by atoms with van der Waals surface area (Å²) in [6.07, 6.45) is 1.78. The molecule has 0 fully saturated rings. The zero-order valence-electron chi connectivity index (χ0n) is 6.86. The Morgan fingerprint density at radius 3 is 2.58 bits per heavy atom.